The van der Waals surface area contributed by atoms with E-state index in [0.29, 0.717) is 6.42 Å². The van der Waals surface area contributed by atoms with Gasteiger partial charge in [0.25, 0.3) is 0 Å². The van der Waals surface area contributed by atoms with Gasteiger partial charge in [-0.15, -0.1) is 31.3 Å². The highest BCUT2D eigenvalue weighted by Gasteiger charge is 2.35. The Balaban J connectivity index is 3.17. The van der Waals surface area contributed by atoms with E-state index in [-0.39, 0.29) is 24.5 Å². The molecule has 2 heteroatoms. The van der Waals surface area contributed by atoms with Crippen LogP contribution in [0, 0.1) is 24.7 Å². The molecule has 0 fully saturated rings. The molecule has 0 bridgehead atoms. The van der Waals surface area contributed by atoms with Crippen molar-refractivity contribution in [3.63, 3.8) is 0 Å². The maximum absolute atomic E-state index is 10.7. The Morgan fingerprint density at radius 3 is 2.16 bits per heavy atom. The zero-order chi connectivity index (χ0) is 14.3. The average molecular weight is 254 g/mol. The molecule has 98 valence electrons. The highest BCUT2D eigenvalue weighted by molar-refractivity contribution is 5.31. The van der Waals surface area contributed by atoms with Gasteiger partial charge in [-0.2, -0.15) is 0 Å². The van der Waals surface area contributed by atoms with E-state index in [2.05, 4.69) is 18.4 Å². The third-order valence-electron chi connectivity index (χ3n) is 3.16. The van der Waals surface area contributed by atoms with Gasteiger partial charge in [0.05, 0.1) is 5.60 Å². The van der Waals surface area contributed by atoms with Crippen LogP contribution < -0.4 is 0 Å². The first-order valence-corrected chi connectivity index (χ1v) is 6.06. The summed E-state index contributed by atoms with van der Waals surface area (Å²) in [5.74, 6) is 4.91. The molecule has 2 N–H and O–H groups in total. The second-order valence-electron chi connectivity index (χ2n) is 4.53. The molecular formula is C17H18O2. The minimum Gasteiger partial charge on any atom is -0.508 e. The number of benzene rings is 1. The highest BCUT2D eigenvalue weighted by Crippen LogP contribution is 2.37. The second kappa shape index (κ2) is 6.69. The first kappa shape index (κ1) is 14.9. The van der Waals surface area contributed by atoms with Gasteiger partial charge in [0.1, 0.15) is 5.75 Å². The predicted molar refractivity (Wildman–Crippen MR) is 77.5 cm³/mol. The van der Waals surface area contributed by atoms with E-state index < -0.39 is 5.60 Å². The summed E-state index contributed by atoms with van der Waals surface area (Å²) < 4.78 is 0. The van der Waals surface area contributed by atoms with Gasteiger partial charge in [0, 0.05) is 18.8 Å². The van der Waals surface area contributed by atoms with Crippen LogP contribution in [-0.4, -0.2) is 15.8 Å². The standard InChI is InChI=1S/C17H18O2/c1-4-7-16(14-8-10-15(18)11-9-14)17(19,12-5-2)13-6-3/h2-4,8-11,16,18-19H,1,7,12-13H2. The lowest BCUT2D eigenvalue weighted by Crippen LogP contribution is -2.35. The summed E-state index contributed by atoms with van der Waals surface area (Å²) in [6.45, 7) is 3.71. The topological polar surface area (TPSA) is 40.5 Å². The van der Waals surface area contributed by atoms with Gasteiger partial charge in [-0.3, -0.25) is 0 Å². The molecule has 0 aliphatic rings. The summed E-state index contributed by atoms with van der Waals surface area (Å²) >= 11 is 0. The van der Waals surface area contributed by atoms with Crippen molar-refractivity contribution in [2.45, 2.75) is 30.8 Å². The zero-order valence-electron chi connectivity index (χ0n) is 10.8. The van der Waals surface area contributed by atoms with Crippen LogP contribution in [-0.2, 0) is 0 Å². The lowest BCUT2D eigenvalue weighted by molar-refractivity contribution is 0.0220. The third-order valence-corrected chi connectivity index (χ3v) is 3.16. The molecule has 1 rings (SSSR count). The largest absolute Gasteiger partial charge is 0.508 e. The Labute approximate surface area is 114 Å². The molecular weight excluding hydrogens is 236 g/mol. The van der Waals surface area contributed by atoms with E-state index in [4.69, 9.17) is 12.8 Å². The first-order chi connectivity index (χ1) is 9.07. The van der Waals surface area contributed by atoms with E-state index in [0.717, 1.165) is 5.56 Å². The van der Waals surface area contributed by atoms with Gasteiger partial charge in [0.15, 0.2) is 0 Å². The monoisotopic (exact) mass is 254 g/mol. The Morgan fingerprint density at radius 1 is 1.21 bits per heavy atom. The fourth-order valence-electron chi connectivity index (χ4n) is 2.20. The molecule has 0 aromatic heterocycles. The molecule has 0 heterocycles. The van der Waals surface area contributed by atoms with Crippen LogP contribution in [0.3, 0.4) is 0 Å². The van der Waals surface area contributed by atoms with Crippen molar-refractivity contribution in [3.8, 4) is 30.4 Å². The van der Waals surface area contributed by atoms with Crippen LogP contribution >= 0.6 is 0 Å². The quantitative estimate of drug-likeness (QED) is 0.605. The van der Waals surface area contributed by atoms with Crippen LogP contribution in [0.5, 0.6) is 5.75 Å². The van der Waals surface area contributed by atoms with E-state index in [9.17, 15) is 10.2 Å². The molecule has 0 saturated carbocycles. The first-order valence-electron chi connectivity index (χ1n) is 6.06. The molecule has 0 aliphatic heterocycles. The van der Waals surface area contributed by atoms with Gasteiger partial charge in [0.2, 0.25) is 0 Å². The smallest absolute Gasteiger partial charge is 0.115 e. The minimum absolute atomic E-state index is 0.177. The number of hydrogen-bond acceptors (Lipinski definition) is 2. The van der Waals surface area contributed by atoms with Gasteiger partial charge in [-0.25, -0.2) is 0 Å². The Bertz CT molecular complexity index is 484. The Kier molecular flexibility index (Phi) is 5.24. The molecule has 19 heavy (non-hydrogen) atoms. The van der Waals surface area contributed by atoms with Crippen LogP contribution in [0.25, 0.3) is 0 Å². The van der Waals surface area contributed by atoms with Crippen molar-refractivity contribution >= 4 is 0 Å². The Morgan fingerprint density at radius 2 is 1.74 bits per heavy atom. The van der Waals surface area contributed by atoms with E-state index in [1.54, 1.807) is 30.3 Å². The summed E-state index contributed by atoms with van der Waals surface area (Å²) in [7, 11) is 0. The van der Waals surface area contributed by atoms with Crippen LogP contribution in [0.1, 0.15) is 30.7 Å². The molecule has 2 nitrogen and oxygen atoms in total. The normalized spacial score (nSPS) is 12.2. The summed E-state index contributed by atoms with van der Waals surface area (Å²) in [6, 6.07) is 6.69. The summed E-state index contributed by atoms with van der Waals surface area (Å²) in [5, 5.41) is 20.1. The molecule has 1 aromatic carbocycles. The minimum atomic E-state index is -1.16. The predicted octanol–water partition coefficient (Wildman–Crippen LogP) is 2.83. The molecule has 0 saturated heterocycles. The van der Waals surface area contributed by atoms with Crippen molar-refractivity contribution in [3.05, 3.63) is 42.5 Å². The van der Waals surface area contributed by atoms with Crippen molar-refractivity contribution < 1.29 is 10.2 Å². The number of aromatic hydroxyl groups is 1. The van der Waals surface area contributed by atoms with Gasteiger partial charge < -0.3 is 10.2 Å². The van der Waals surface area contributed by atoms with Gasteiger partial charge >= 0.3 is 0 Å². The highest BCUT2D eigenvalue weighted by atomic mass is 16.3. The SMILES string of the molecule is C#CCC(O)(CC#C)C(CC=C)c1ccc(O)cc1. The fraction of sp³-hybridized carbons (Fsp3) is 0.294. The van der Waals surface area contributed by atoms with Crippen molar-refractivity contribution in [2.75, 3.05) is 0 Å². The van der Waals surface area contributed by atoms with Crippen LogP contribution in [0.4, 0.5) is 0 Å². The molecule has 0 amide bonds. The number of terminal acetylenes is 2. The van der Waals surface area contributed by atoms with Crippen LogP contribution in [0.15, 0.2) is 36.9 Å². The maximum Gasteiger partial charge on any atom is 0.115 e. The molecule has 0 radical (unpaired) electrons. The molecule has 1 aromatic rings. The van der Waals surface area contributed by atoms with Gasteiger partial charge in [-0.05, 0) is 24.1 Å². The zero-order valence-corrected chi connectivity index (χ0v) is 10.8. The molecule has 1 unspecified atom stereocenters. The average Bonchev–Trinajstić information content (AvgIpc) is 2.38. The Hall–Kier alpha value is -2.16. The summed E-state index contributed by atoms with van der Waals surface area (Å²) in [5.41, 5.74) is -0.278. The number of allylic oxidation sites excluding steroid dienone is 1. The van der Waals surface area contributed by atoms with Crippen molar-refractivity contribution in [1.82, 2.24) is 0 Å². The summed E-state index contributed by atoms with van der Waals surface area (Å²) in [4.78, 5) is 0. The third kappa shape index (κ3) is 3.65. The number of phenols is 1. The fourth-order valence-corrected chi connectivity index (χ4v) is 2.20. The number of aliphatic hydroxyl groups is 1. The van der Waals surface area contributed by atoms with Gasteiger partial charge in [-0.1, -0.05) is 18.2 Å². The van der Waals surface area contributed by atoms with Crippen molar-refractivity contribution in [2.24, 2.45) is 0 Å². The number of hydrogen-bond donors (Lipinski definition) is 2. The van der Waals surface area contributed by atoms with Crippen LogP contribution in [0.2, 0.25) is 0 Å². The lowest BCUT2D eigenvalue weighted by Gasteiger charge is -2.33. The number of phenolic OH excluding ortho intramolecular Hbond substituents is 1. The molecule has 1 atom stereocenters. The van der Waals surface area contributed by atoms with E-state index in [1.165, 1.54) is 0 Å². The van der Waals surface area contributed by atoms with Crippen molar-refractivity contribution in [1.29, 1.82) is 0 Å². The lowest BCUT2D eigenvalue weighted by atomic mass is 9.76. The summed E-state index contributed by atoms with van der Waals surface area (Å²) in [6.07, 6.45) is 13.3. The second-order valence-corrected chi connectivity index (χ2v) is 4.53. The number of rotatable bonds is 6. The molecule has 0 spiro atoms. The van der Waals surface area contributed by atoms with E-state index in [1.807, 2.05) is 0 Å². The maximum atomic E-state index is 10.7. The molecule has 0 aliphatic carbocycles. The van der Waals surface area contributed by atoms with E-state index >= 15 is 0 Å².